The molecule has 5 N–H and O–H groups in total. The summed E-state index contributed by atoms with van der Waals surface area (Å²) in [5, 5.41) is 19.8. The van der Waals surface area contributed by atoms with E-state index in [9.17, 15) is 27.9 Å². The smallest absolute Gasteiger partial charge is 0.354 e. The van der Waals surface area contributed by atoms with Crippen molar-refractivity contribution in [1.82, 2.24) is 19.5 Å². The maximum atomic E-state index is 12.2. The summed E-state index contributed by atoms with van der Waals surface area (Å²) in [6.45, 7) is 1.85. The van der Waals surface area contributed by atoms with Crippen LogP contribution in [0.3, 0.4) is 0 Å². The van der Waals surface area contributed by atoms with E-state index < -0.39 is 21.9 Å². The van der Waals surface area contributed by atoms with E-state index >= 15 is 0 Å². The minimum atomic E-state index is -4.27. The Balaban J connectivity index is 1.72. The van der Waals surface area contributed by atoms with Crippen LogP contribution in [0.2, 0.25) is 0 Å². The van der Waals surface area contributed by atoms with Gasteiger partial charge in [-0.05, 0) is 23.8 Å². The van der Waals surface area contributed by atoms with Crippen LogP contribution in [0.1, 0.15) is 20.8 Å². The molecule has 1 saturated heterocycles. The number of carboxylic acid groups (broad SMARTS) is 1. The van der Waals surface area contributed by atoms with Crippen molar-refractivity contribution in [3.05, 3.63) is 47.8 Å². The van der Waals surface area contributed by atoms with Gasteiger partial charge in [0.25, 0.3) is 5.91 Å². The van der Waals surface area contributed by atoms with Gasteiger partial charge in [-0.15, -0.1) is 0 Å². The molecule has 2 aromatic rings. The number of hydrogen-bond acceptors (Lipinski definition) is 5. The van der Waals surface area contributed by atoms with Crippen molar-refractivity contribution in [3.8, 4) is 11.1 Å². The average molecular weight is 421 g/mol. The summed E-state index contributed by atoms with van der Waals surface area (Å²) in [6.07, 6.45) is 1.06. The van der Waals surface area contributed by atoms with Gasteiger partial charge in [-0.2, -0.15) is 8.42 Å². The number of aromatic nitrogens is 1. The normalized spacial score (nSPS) is 14.0. The van der Waals surface area contributed by atoms with E-state index in [-0.39, 0.29) is 24.0 Å². The zero-order valence-corrected chi connectivity index (χ0v) is 16.0. The summed E-state index contributed by atoms with van der Waals surface area (Å²) in [4.78, 5) is 36.8. The minimum Gasteiger partial charge on any atom is -0.477 e. The summed E-state index contributed by atoms with van der Waals surface area (Å²) >= 11 is 0. The average Bonchev–Trinajstić information content (AvgIpc) is 3.28. The summed E-state index contributed by atoms with van der Waals surface area (Å²) in [5.74, 6) is -1.80. The highest BCUT2D eigenvalue weighted by atomic mass is 32.2. The van der Waals surface area contributed by atoms with Crippen molar-refractivity contribution in [2.24, 2.45) is 5.14 Å². The van der Waals surface area contributed by atoms with Crippen molar-refractivity contribution in [2.75, 3.05) is 26.2 Å². The number of carboxylic acids is 1. The molecular weight excluding hydrogens is 402 g/mol. The van der Waals surface area contributed by atoms with E-state index in [1.54, 1.807) is 4.90 Å². The van der Waals surface area contributed by atoms with Gasteiger partial charge in [0.05, 0.1) is 0 Å². The molecule has 0 radical (unpaired) electrons. The fourth-order valence-corrected chi connectivity index (χ4v) is 3.66. The first-order valence-corrected chi connectivity index (χ1v) is 10.1. The van der Waals surface area contributed by atoms with Crippen LogP contribution in [0.25, 0.3) is 11.1 Å². The summed E-state index contributed by atoms with van der Waals surface area (Å²) < 4.78 is 23.6. The Morgan fingerprint density at radius 3 is 2.45 bits per heavy atom. The molecule has 0 spiro atoms. The number of nitrogens with zero attached hydrogens (tertiary/aromatic N) is 2. The number of hydrogen-bond donors (Lipinski definition) is 4. The van der Waals surface area contributed by atoms with E-state index in [0.717, 1.165) is 6.20 Å². The number of rotatable bonds is 7. The highest BCUT2D eigenvalue weighted by Gasteiger charge is 2.23. The monoisotopic (exact) mass is 421 g/mol. The topological polar surface area (TPSA) is 164 Å². The molecule has 3 rings (SSSR count). The maximum absolute atomic E-state index is 12.2. The minimum absolute atomic E-state index is 0.151. The van der Waals surface area contributed by atoms with Crippen LogP contribution in [0.15, 0.2) is 36.5 Å². The van der Waals surface area contributed by atoms with Crippen molar-refractivity contribution in [2.45, 2.75) is 0 Å². The van der Waals surface area contributed by atoms with Gasteiger partial charge in [0, 0.05) is 43.5 Å². The SMILES string of the molecule is NS(=O)(=O)n1ccc(-c2ccc(C(=O)NCCN3CCNC3=O)cc2)c1C(=O)O. The third-order valence-electron chi connectivity index (χ3n) is 4.40. The van der Waals surface area contributed by atoms with Gasteiger partial charge in [0.1, 0.15) is 0 Å². The number of nitrogens with one attached hydrogen (secondary N) is 2. The Labute approximate surface area is 166 Å². The second kappa shape index (κ2) is 7.93. The molecule has 0 unspecified atom stereocenters. The zero-order valence-electron chi connectivity index (χ0n) is 15.2. The predicted molar refractivity (Wildman–Crippen MR) is 103 cm³/mol. The lowest BCUT2D eigenvalue weighted by Gasteiger charge is -2.14. The summed E-state index contributed by atoms with van der Waals surface area (Å²) in [6, 6.07) is 7.17. The number of aromatic carboxylic acids is 1. The number of carbonyl (C=O) groups excluding carboxylic acids is 2. The number of urea groups is 1. The second-order valence-electron chi connectivity index (χ2n) is 6.28. The van der Waals surface area contributed by atoms with Gasteiger partial charge in [0.2, 0.25) is 0 Å². The summed E-state index contributed by atoms with van der Waals surface area (Å²) in [5.41, 5.74) is 0.407. The quantitative estimate of drug-likeness (QED) is 0.478. The lowest BCUT2D eigenvalue weighted by atomic mass is 10.0. The molecule has 29 heavy (non-hydrogen) atoms. The predicted octanol–water partition coefficient (Wildman–Crippen LogP) is -0.340. The first kappa shape index (κ1) is 20.4. The van der Waals surface area contributed by atoms with Crippen LogP contribution >= 0.6 is 0 Å². The van der Waals surface area contributed by atoms with Crippen LogP contribution in [-0.2, 0) is 10.2 Å². The fraction of sp³-hybridized carbons (Fsp3) is 0.235. The Morgan fingerprint density at radius 1 is 1.21 bits per heavy atom. The molecule has 1 aliphatic heterocycles. The van der Waals surface area contributed by atoms with Crippen LogP contribution in [-0.4, -0.2) is 66.5 Å². The molecule has 0 saturated carbocycles. The van der Waals surface area contributed by atoms with Gasteiger partial charge < -0.3 is 20.6 Å². The number of carbonyl (C=O) groups is 3. The van der Waals surface area contributed by atoms with Gasteiger partial charge in [0.15, 0.2) is 5.69 Å². The molecule has 1 aromatic heterocycles. The molecule has 1 aliphatic rings. The fourth-order valence-electron chi connectivity index (χ4n) is 3.00. The van der Waals surface area contributed by atoms with Gasteiger partial charge in [-0.25, -0.2) is 18.7 Å². The maximum Gasteiger partial charge on any atom is 0.354 e. The standard InChI is InChI=1S/C17H19N5O6S/c18-29(27,28)22-8-5-13(14(22)16(24)25)11-1-3-12(4-2-11)15(23)19-6-9-21-10-7-20-17(21)26/h1-5,8H,6-7,9-10H2,(H,19,23)(H,20,26)(H,24,25)(H2,18,27,28). The molecule has 0 bridgehead atoms. The van der Waals surface area contributed by atoms with Crippen LogP contribution < -0.4 is 15.8 Å². The lowest BCUT2D eigenvalue weighted by molar-refractivity contribution is 0.0689. The Bertz CT molecular complexity index is 1060. The first-order valence-electron chi connectivity index (χ1n) is 8.58. The molecule has 0 atom stereocenters. The van der Waals surface area contributed by atoms with Crippen molar-refractivity contribution in [3.63, 3.8) is 0 Å². The molecule has 1 aromatic carbocycles. The Hall–Kier alpha value is -3.38. The van der Waals surface area contributed by atoms with Crippen molar-refractivity contribution >= 4 is 28.1 Å². The number of amides is 3. The Morgan fingerprint density at radius 2 is 1.90 bits per heavy atom. The molecular formula is C17H19N5O6S. The van der Waals surface area contributed by atoms with E-state index in [0.29, 0.717) is 34.7 Å². The summed E-state index contributed by atoms with van der Waals surface area (Å²) in [7, 11) is -4.27. The molecule has 11 nitrogen and oxygen atoms in total. The molecule has 3 amide bonds. The third-order valence-corrected chi connectivity index (χ3v) is 5.25. The van der Waals surface area contributed by atoms with Crippen LogP contribution in [0, 0.1) is 0 Å². The largest absolute Gasteiger partial charge is 0.477 e. The Kier molecular flexibility index (Phi) is 5.57. The van der Waals surface area contributed by atoms with E-state index in [2.05, 4.69) is 10.6 Å². The molecule has 154 valence electrons. The molecule has 1 fully saturated rings. The number of nitrogens with two attached hydrogens (primary N) is 1. The van der Waals surface area contributed by atoms with Gasteiger partial charge >= 0.3 is 22.2 Å². The van der Waals surface area contributed by atoms with E-state index in [1.807, 2.05) is 0 Å². The third kappa shape index (κ3) is 4.38. The van der Waals surface area contributed by atoms with E-state index in [4.69, 9.17) is 5.14 Å². The number of benzene rings is 1. The van der Waals surface area contributed by atoms with Crippen molar-refractivity contribution < 1.29 is 27.9 Å². The van der Waals surface area contributed by atoms with Gasteiger partial charge in [-0.3, -0.25) is 4.79 Å². The highest BCUT2D eigenvalue weighted by molar-refractivity contribution is 7.87. The lowest BCUT2D eigenvalue weighted by Crippen LogP contribution is -2.36. The highest BCUT2D eigenvalue weighted by Crippen LogP contribution is 2.26. The van der Waals surface area contributed by atoms with Crippen LogP contribution in [0.4, 0.5) is 4.79 Å². The first-order chi connectivity index (χ1) is 13.7. The van der Waals surface area contributed by atoms with Crippen LogP contribution in [0.5, 0.6) is 0 Å². The zero-order chi connectivity index (χ0) is 21.2. The molecule has 0 aliphatic carbocycles. The molecule has 12 heteroatoms. The van der Waals surface area contributed by atoms with E-state index in [1.165, 1.54) is 30.3 Å². The van der Waals surface area contributed by atoms with Crippen molar-refractivity contribution in [1.29, 1.82) is 0 Å². The molecule has 2 heterocycles. The second-order valence-corrected chi connectivity index (χ2v) is 7.70. The van der Waals surface area contributed by atoms with Gasteiger partial charge in [-0.1, -0.05) is 12.1 Å².